The normalized spacial score (nSPS) is 18.5. The van der Waals surface area contributed by atoms with E-state index in [1.807, 2.05) is 49.4 Å². The minimum atomic E-state index is -0.443. The minimum Gasteiger partial charge on any atom is -0.508 e. The summed E-state index contributed by atoms with van der Waals surface area (Å²) in [5.74, 6) is 0.108. The van der Waals surface area contributed by atoms with E-state index in [1.165, 1.54) is 4.90 Å². The number of carbonyl (C=O) groups excluding carboxylic acids is 2. The third kappa shape index (κ3) is 3.72. The molecule has 0 saturated carbocycles. The molecule has 0 aromatic heterocycles. The van der Waals surface area contributed by atoms with Crippen molar-refractivity contribution in [1.82, 2.24) is 9.80 Å². The van der Waals surface area contributed by atoms with Crippen LogP contribution in [-0.4, -0.2) is 46.0 Å². The largest absolute Gasteiger partial charge is 0.508 e. The van der Waals surface area contributed by atoms with E-state index >= 15 is 0 Å². The SMILES string of the molecule is CC(CCc1ccc(O)cc1)N1C(=O)C(Cc2ccccc2)N(C)C1=O. The Morgan fingerprint density at radius 2 is 1.65 bits per heavy atom. The first-order chi connectivity index (χ1) is 12.5. The summed E-state index contributed by atoms with van der Waals surface area (Å²) < 4.78 is 0. The number of likely N-dealkylation sites (N-methyl/N-ethyl adjacent to an activating group) is 1. The number of aromatic hydroxyl groups is 1. The molecule has 2 aromatic rings. The molecule has 2 aromatic carbocycles. The van der Waals surface area contributed by atoms with Crippen molar-refractivity contribution in [1.29, 1.82) is 0 Å². The monoisotopic (exact) mass is 352 g/mol. The highest BCUT2D eigenvalue weighted by molar-refractivity contribution is 6.04. The van der Waals surface area contributed by atoms with Crippen LogP contribution in [0.25, 0.3) is 0 Å². The molecule has 2 unspecified atom stereocenters. The zero-order chi connectivity index (χ0) is 18.7. The van der Waals surface area contributed by atoms with Crippen LogP contribution in [0.5, 0.6) is 5.75 Å². The molecule has 0 spiro atoms. The fraction of sp³-hybridized carbons (Fsp3) is 0.333. The number of rotatable bonds is 6. The number of carbonyl (C=O) groups is 2. The summed E-state index contributed by atoms with van der Waals surface area (Å²) >= 11 is 0. The number of aryl methyl sites for hydroxylation is 1. The molecule has 1 N–H and O–H groups in total. The van der Waals surface area contributed by atoms with Crippen LogP contribution in [0.15, 0.2) is 54.6 Å². The number of hydrogen-bond donors (Lipinski definition) is 1. The van der Waals surface area contributed by atoms with E-state index in [0.717, 1.165) is 17.5 Å². The van der Waals surface area contributed by atoms with Gasteiger partial charge in [0.05, 0.1) is 0 Å². The van der Waals surface area contributed by atoms with Crippen LogP contribution in [-0.2, 0) is 17.6 Å². The van der Waals surface area contributed by atoms with E-state index in [0.29, 0.717) is 12.8 Å². The van der Waals surface area contributed by atoms with Gasteiger partial charge in [-0.25, -0.2) is 4.79 Å². The summed E-state index contributed by atoms with van der Waals surface area (Å²) in [5.41, 5.74) is 2.12. The molecule has 1 aliphatic rings. The lowest BCUT2D eigenvalue weighted by Crippen LogP contribution is -2.39. The number of amides is 3. The Morgan fingerprint density at radius 3 is 2.31 bits per heavy atom. The number of imide groups is 1. The van der Waals surface area contributed by atoms with Crippen molar-refractivity contribution in [2.75, 3.05) is 7.05 Å². The van der Waals surface area contributed by atoms with Crippen LogP contribution in [0.2, 0.25) is 0 Å². The highest BCUT2D eigenvalue weighted by atomic mass is 16.3. The highest BCUT2D eigenvalue weighted by Crippen LogP contribution is 2.24. The maximum Gasteiger partial charge on any atom is 0.327 e. The molecule has 1 heterocycles. The first kappa shape index (κ1) is 18.0. The Labute approximate surface area is 153 Å². The molecule has 5 heteroatoms. The Balaban J connectivity index is 1.66. The van der Waals surface area contributed by atoms with E-state index < -0.39 is 6.04 Å². The molecule has 26 heavy (non-hydrogen) atoms. The van der Waals surface area contributed by atoms with Crippen molar-refractivity contribution in [2.45, 2.75) is 38.3 Å². The summed E-state index contributed by atoms with van der Waals surface area (Å²) in [6, 6.07) is 15.9. The molecule has 3 rings (SSSR count). The third-order valence-corrected chi connectivity index (χ3v) is 5.00. The van der Waals surface area contributed by atoms with Crippen molar-refractivity contribution in [3.63, 3.8) is 0 Å². The molecule has 0 bridgehead atoms. The maximum absolute atomic E-state index is 12.9. The highest BCUT2D eigenvalue weighted by Gasteiger charge is 2.44. The average Bonchev–Trinajstić information content (AvgIpc) is 2.85. The van der Waals surface area contributed by atoms with E-state index in [-0.39, 0.29) is 23.7 Å². The van der Waals surface area contributed by atoms with Gasteiger partial charge in [-0.3, -0.25) is 9.69 Å². The second kappa shape index (κ2) is 7.60. The number of urea groups is 1. The van der Waals surface area contributed by atoms with Gasteiger partial charge in [0.15, 0.2) is 0 Å². The number of phenolic OH excluding ortho intramolecular Hbond substituents is 1. The van der Waals surface area contributed by atoms with Crippen LogP contribution in [0.1, 0.15) is 24.5 Å². The first-order valence-electron chi connectivity index (χ1n) is 8.89. The Hall–Kier alpha value is -2.82. The zero-order valence-electron chi connectivity index (χ0n) is 15.1. The van der Waals surface area contributed by atoms with E-state index in [4.69, 9.17) is 0 Å². The summed E-state index contributed by atoms with van der Waals surface area (Å²) in [5, 5.41) is 9.35. The molecule has 3 amide bonds. The summed E-state index contributed by atoms with van der Waals surface area (Å²) in [6.07, 6.45) is 1.96. The van der Waals surface area contributed by atoms with Gasteiger partial charge in [0.2, 0.25) is 0 Å². The lowest BCUT2D eigenvalue weighted by atomic mass is 10.0. The van der Waals surface area contributed by atoms with E-state index in [1.54, 1.807) is 24.1 Å². The standard InChI is InChI=1S/C21H24N2O3/c1-15(8-9-16-10-12-18(24)13-11-16)23-20(25)19(22(2)21(23)26)14-17-6-4-3-5-7-17/h3-7,10-13,15,19,24H,8-9,14H2,1-2H3. The summed E-state index contributed by atoms with van der Waals surface area (Å²) in [4.78, 5) is 28.4. The number of hydrogen-bond acceptors (Lipinski definition) is 3. The van der Waals surface area contributed by atoms with Crippen molar-refractivity contribution in [3.05, 3.63) is 65.7 Å². The Morgan fingerprint density at radius 1 is 1.00 bits per heavy atom. The van der Waals surface area contributed by atoms with Crippen LogP contribution < -0.4 is 0 Å². The van der Waals surface area contributed by atoms with Gasteiger partial charge >= 0.3 is 6.03 Å². The second-order valence-electron chi connectivity index (χ2n) is 6.86. The van der Waals surface area contributed by atoms with Gasteiger partial charge in [-0.2, -0.15) is 0 Å². The molecule has 1 aliphatic heterocycles. The third-order valence-electron chi connectivity index (χ3n) is 5.00. The predicted molar refractivity (Wildman–Crippen MR) is 99.8 cm³/mol. The van der Waals surface area contributed by atoms with Crippen LogP contribution in [0.4, 0.5) is 4.79 Å². The van der Waals surface area contributed by atoms with Crippen molar-refractivity contribution < 1.29 is 14.7 Å². The Bertz CT molecular complexity index is 774. The van der Waals surface area contributed by atoms with Crippen molar-refractivity contribution in [3.8, 4) is 5.75 Å². The minimum absolute atomic E-state index is 0.125. The Kier molecular flexibility index (Phi) is 5.26. The van der Waals surface area contributed by atoms with Crippen molar-refractivity contribution >= 4 is 11.9 Å². The van der Waals surface area contributed by atoms with Crippen LogP contribution in [0.3, 0.4) is 0 Å². The molecular weight excluding hydrogens is 328 g/mol. The van der Waals surface area contributed by atoms with E-state index in [9.17, 15) is 14.7 Å². The first-order valence-corrected chi connectivity index (χ1v) is 8.89. The lowest BCUT2D eigenvalue weighted by molar-refractivity contribution is -0.129. The predicted octanol–water partition coefficient (Wildman–Crippen LogP) is 3.22. The van der Waals surface area contributed by atoms with Crippen LogP contribution in [0, 0.1) is 0 Å². The van der Waals surface area contributed by atoms with E-state index in [2.05, 4.69) is 0 Å². The number of phenols is 1. The smallest absolute Gasteiger partial charge is 0.327 e. The van der Waals surface area contributed by atoms with Gasteiger partial charge in [-0.15, -0.1) is 0 Å². The van der Waals surface area contributed by atoms with Crippen molar-refractivity contribution in [2.24, 2.45) is 0 Å². The van der Waals surface area contributed by atoms with Crippen LogP contribution >= 0.6 is 0 Å². The molecule has 1 saturated heterocycles. The summed E-state index contributed by atoms with van der Waals surface area (Å²) in [7, 11) is 1.69. The molecule has 1 fully saturated rings. The molecule has 0 radical (unpaired) electrons. The number of nitrogens with zero attached hydrogens (tertiary/aromatic N) is 2. The second-order valence-corrected chi connectivity index (χ2v) is 6.86. The summed E-state index contributed by atoms with van der Waals surface area (Å²) in [6.45, 7) is 1.91. The molecule has 0 aliphatic carbocycles. The number of benzene rings is 2. The van der Waals surface area contributed by atoms with Gasteiger partial charge in [-0.05, 0) is 43.0 Å². The zero-order valence-corrected chi connectivity index (χ0v) is 15.1. The van der Waals surface area contributed by atoms with Gasteiger partial charge in [-0.1, -0.05) is 42.5 Å². The quantitative estimate of drug-likeness (QED) is 0.812. The molecular formula is C21H24N2O3. The van der Waals surface area contributed by atoms with Gasteiger partial charge in [0.1, 0.15) is 11.8 Å². The molecule has 2 atom stereocenters. The lowest BCUT2D eigenvalue weighted by Gasteiger charge is -2.22. The average molecular weight is 352 g/mol. The molecule has 136 valence electrons. The maximum atomic E-state index is 12.9. The molecule has 5 nitrogen and oxygen atoms in total. The topological polar surface area (TPSA) is 60.9 Å². The van der Waals surface area contributed by atoms with Gasteiger partial charge in [0.25, 0.3) is 5.91 Å². The van der Waals surface area contributed by atoms with Gasteiger partial charge in [0, 0.05) is 19.5 Å². The fourth-order valence-corrected chi connectivity index (χ4v) is 3.36. The fourth-order valence-electron chi connectivity index (χ4n) is 3.36. The van der Waals surface area contributed by atoms with Gasteiger partial charge < -0.3 is 10.0 Å².